The molecule has 0 saturated heterocycles. The first kappa shape index (κ1) is 21.8. The van der Waals surface area contributed by atoms with E-state index >= 15 is 0 Å². The van der Waals surface area contributed by atoms with Gasteiger partial charge in [0.1, 0.15) is 0 Å². The number of methoxy groups -OCH3 is 2. The normalized spacial score (nSPS) is 12.0. The van der Waals surface area contributed by atoms with Crippen LogP contribution in [-0.2, 0) is 16.1 Å². The molecule has 8 nitrogen and oxygen atoms in total. The van der Waals surface area contributed by atoms with Crippen molar-refractivity contribution in [3.8, 4) is 11.5 Å². The van der Waals surface area contributed by atoms with Crippen LogP contribution >= 0.6 is 34.9 Å². The van der Waals surface area contributed by atoms with Crippen molar-refractivity contribution in [2.75, 3.05) is 32.3 Å². The molecule has 2 aromatic rings. The number of aromatic nitrogens is 2. The zero-order valence-corrected chi connectivity index (χ0v) is 17.4. The van der Waals surface area contributed by atoms with Gasteiger partial charge in [-0.05, 0) is 17.7 Å². The highest BCUT2D eigenvalue weighted by Gasteiger charge is 2.11. The monoisotopic (exact) mass is 431 g/mol. The fraction of sp³-hybridized carbons (Fsp3) is 0.438. The summed E-state index contributed by atoms with van der Waals surface area (Å²) in [6.07, 6.45) is -0.638. The minimum atomic E-state index is -0.638. The molecule has 0 aliphatic heterocycles. The molecule has 2 rings (SSSR count). The Morgan fingerprint density at radius 1 is 1.22 bits per heavy atom. The van der Waals surface area contributed by atoms with E-state index in [1.807, 2.05) is 18.2 Å². The summed E-state index contributed by atoms with van der Waals surface area (Å²) in [7, 11) is 3.16. The number of hydrogen-bond acceptors (Lipinski definition) is 10. The molecule has 0 spiro atoms. The summed E-state index contributed by atoms with van der Waals surface area (Å²) in [4.78, 5) is 10.8. The molecule has 1 heterocycles. The molecule has 11 heteroatoms. The first-order valence-electron chi connectivity index (χ1n) is 7.86. The van der Waals surface area contributed by atoms with Crippen LogP contribution in [0.1, 0.15) is 5.56 Å². The quantitative estimate of drug-likeness (QED) is 0.485. The average Bonchev–Trinajstić information content (AvgIpc) is 3.12. The Bertz CT molecular complexity index is 744. The van der Waals surface area contributed by atoms with Gasteiger partial charge in [0.2, 0.25) is 5.91 Å². The Kier molecular flexibility index (Phi) is 9.15. The number of thioether (sulfide) groups is 2. The van der Waals surface area contributed by atoms with Gasteiger partial charge in [-0.1, -0.05) is 40.9 Å². The Morgan fingerprint density at radius 2 is 1.93 bits per heavy atom. The molecule has 0 bridgehead atoms. The molecule has 0 fully saturated rings. The standard InChI is InChI=1S/C16H21N3O5S3/c1-22-12-4-3-10(5-13(12)23-2)6-24-7-11(20)8-25-15-18-19-16(27-15)26-9-14(17)21/h3-5,11,20H,6-9H2,1-2H3,(H2,17,21). The summed E-state index contributed by atoms with van der Waals surface area (Å²) in [5.74, 6) is 1.50. The van der Waals surface area contributed by atoms with E-state index in [2.05, 4.69) is 10.2 Å². The minimum Gasteiger partial charge on any atom is -0.493 e. The molecule has 1 aromatic carbocycles. The highest BCUT2D eigenvalue weighted by Crippen LogP contribution is 2.29. The number of aliphatic hydroxyl groups excluding tert-OH is 1. The van der Waals surface area contributed by atoms with Crippen LogP contribution in [0, 0.1) is 0 Å². The van der Waals surface area contributed by atoms with Gasteiger partial charge in [0.25, 0.3) is 0 Å². The van der Waals surface area contributed by atoms with Gasteiger partial charge in [0, 0.05) is 5.75 Å². The summed E-state index contributed by atoms with van der Waals surface area (Å²) in [6, 6.07) is 5.54. The van der Waals surface area contributed by atoms with Gasteiger partial charge in [0.05, 0.1) is 39.3 Å². The predicted octanol–water partition coefficient (Wildman–Crippen LogP) is 1.80. The number of ether oxygens (including phenoxy) is 3. The second kappa shape index (κ2) is 11.3. The molecule has 0 radical (unpaired) electrons. The molecule has 27 heavy (non-hydrogen) atoms. The van der Waals surface area contributed by atoms with E-state index in [0.717, 1.165) is 9.90 Å². The number of rotatable bonds is 12. The fourth-order valence-corrected chi connectivity index (χ4v) is 4.64. The van der Waals surface area contributed by atoms with Crippen molar-refractivity contribution >= 4 is 40.8 Å². The van der Waals surface area contributed by atoms with Crippen molar-refractivity contribution < 1.29 is 24.1 Å². The first-order valence-corrected chi connectivity index (χ1v) is 10.6. The lowest BCUT2D eigenvalue weighted by molar-refractivity contribution is -0.115. The van der Waals surface area contributed by atoms with E-state index in [4.69, 9.17) is 19.9 Å². The molecule has 0 aliphatic carbocycles. The highest BCUT2D eigenvalue weighted by atomic mass is 32.2. The Hall–Kier alpha value is -1.53. The first-order chi connectivity index (χ1) is 13.0. The van der Waals surface area contributed by atoms with Gasteiger partial charge >= 0.3 is 0 Å². The summed E-state index contributed by atoms with van der Waals surface area (Å²) < 4.78 is 17.4. The number of nitrogens with two attached hydrogens (primary N) is 1. The van der Waals surface area contributed by atoms with Gasteiger partial charge in [0.15, 0.2) is 20.2 Å². The summed E-state index contributed by atoms with van der Waals surface area (Å²) in [5, 5.41) is 18.0. The predicted molar refractivity (Wildman–Crippen MR) is 106 cm³/mol. The van der Waals surface area contributed by atoms with Crippen LogP contribution in [0.5, 0.6) is 11.5 Å². The van der Waals surface area contributed by atoms with Crippen molar-refractivity contribution in [1.29, 1.82) is 0 Å². The number of carbonyl (C=O) groups is 1. The summed E-state index contributed by atoms with van der Waals surface area (Å²) >= 11 is 4.00. The molecular weight excluding hydrogens is 410 g/mol. The van der Waals surface area contributed by atoms with Crippen molar-refractivity contribution in [3.63, 3.8) is 0 Å². The van der Waals surface area contributed by atoms with E-state index in [9.17, 15) is 9.90 Å². The van der Waals surface area contributed by atoms with Crippen LogP contribution < -0.4 is 15.2 Å². The number of benzene rings is 1. The maximum absolute atomic E-state index is 10.8. The molecule has 3 N–H and O–H groups in total. The Labute approximate surface area is 169 Å². The lowest BCUT2D eigenvalue weighted by Gasteiger charge is -2.12. The summed E-state index contributed by atoms with van der Waals surface area (Å²) in [5.41, 5.74) is 6.02. The molecule has 1 amide bonds. The second-order valence-corrected chi connectivity index (χ2v) is 8.73. The van der Waals surface area contributed by atoms with Gasteiger partial charge in [-0.15, -0.1) is 10.2 Å². The molecule has 1 unspecified atom stereocenters. The third-order valence-electron chi connectivity index (χ3n) is 3.15. The molecule has 0 aliphatic rings. The van der Waals surface area contributed by atoms with Gasteiger partial charge in [-0.2, -0.15) is 0 Å². The van der Waals surface area contributed by atoms with E-state index in [1.165, 1.54) is 34.9 Å². The maximum atomic E-state index is 10.8. The third kappa shape index (κ3) is 7.54. The van der Waals surface area contributed by atoms with Crippen LogP contribution in [0.25, 0.3) is 0 Å². The van der Waals surface area contributed by atoms with Crippen LogP contribution in [0.4, 0.5) is 0 Å². The van der Waals surface area contributed by atoms with Gasteiger partial charge < -0.3 is 25.1 Å². The topological polar surface area (TPSA) is 117 Å². The summed E-state index contributed by atoms with van der Waals surface area (Å²) in [6.45, 7) is 0.554. The number of hydrogen-bond donors (Lipinski definition) is 2. The smallest absolute Gasteiger partial charge is 0.227 e. The van der Waals surface area contributed by atoms with Crippen molar-refractivity contribution in [3.05, 3.63) is 23.8 Å². The third-order valence-corrected chi connectivity index (χ3v) is 6.51. The van der Waals surface area contributed by atoms with E-state index < -0.39 is 12.0 Å². The van der Waals surface area contributed by atoms with Crippen molar-refractivity contribution in [1.82, 2.24) is 10.2 Å². The van der Waals surface area contributed by atoms with E-state index in [-0.39, 0.29) is 12.4 Å². The van der Waals surface area contributed by atoms with Crippen LogP contribution in [0.15, 0.2) is 26.9 Å². The van der Waals surface area contributed by atoms with Crippen LogP contribution in [0.3, 0.4) is 0 Å². The van der Waals surface area contributed by atoms with Crippen LogP contribution in [-0.4, -0.2) is 59.6 Å². The Balaban J connectivity index is 1.70. The largest absolute Gasteiger partial charge is 0.493 e. The lowest BCUT2D eigenvalue weighted by Crippen LogP contribution is -2.17. The van der Waals surface area contributed by atoms with Gasteiger partial charge in [-0.25, -0.2) is 0 Å². The van der Waals surface area contributed by atoms with Gasteiger partial charge in [-0.3, -0.25) is 4.79 Å². The minimum absolute atomic E-state index is 0.173. The number of primary amides is 1. The van der Waals surface area contributed by atoms with Crippen LogP contribution in [0.2, 0.25) is 0 Å². The van der Waals surface area contributed by atoms with E-state index in [0.29, 0.717) is 28.2 Å². The fourth-order valence-electron chi connectivity index (χ4n) is 1.95. The maximum Gasteiger partial charge on any atom is 0.227 e. The Morgan fingerprint density at radius 3 is 2.59 bits per heavy atom. The molecule has 1 atom stereocenters. The lowest BCUT2D eigenvalue weighted by atomic mass is 10.2. The van der Waals surface area contributed by atoms with Crippen molar-refractivity contribution in [2.45, 2.75) is 21.4 Å². The zero-order chi connectivity index (χ0) is 19.6. The average molecular weight is 432 g/mol. The van der Waals surface area contributed by atoms with E-state index in [1.54, 1.807) is 14.2 Å². The number of carbonyl (C=O) groups excluding carboxylic acids is 1. The van der Waals surface area contributed by atoms with Crippen molar-refractivity contribution in [2.24, 2.45) is 5.73 Å². The molecule has 1 aromatic heterocycles. The molecular formula is C16H21N3O5S3. The number of nitrogens with zero attached hydrogens (tertiary/aromatic N) is 2. The number of aliphatic hydroxyl groups is 1. The SMILES string of the molecule is COc1ccc(COCC(O)CSc2nnc(SCC(N)=O)s2)cc1OC. The second-order valence-electron chi connectivity index (χ2n) is 5.26. The molecule has 0 saturated carbocycles. The zero-order valence-electron chi connectivity index (χ0n) is 14.9. The highest BCUT2D eigenvalue weighted by molar-refractivity contribution is 8.03. The molecule has 148 valence electrons. The number of amides is 1.